The lowest BCUT2D eigenvalue weighted by molar-refractivity contribution is 0.242. The number of halogens is 1. The molecule has 0 amide bonds. The summed E-state index contributed by atoms with van der Waals surface area (Å²) in [6.45, 7) is 2.11. The van der Waals surface area contributed by atoms with Gasteiger partial charge in [0.1, 0.15) is 11.5 Å². The predicted octanol–water partition coefficient (Wildman–Crippen LogP) is 4.29. The van der Waals surface area contributed by atoms with Gasteiger partial charge in [0, 0.05) is 5.02 Å². The monoisotopic (exact) mass is 330 g/mol. The van der Waals surface area contributed by atoms with Gasteiger partial charge in [-0.2, -0.15) is 4.98 Å². The van der Waals surface area contributed by atoms with Crippen molar-refractivity contribution < 1.29 is 14.0 Å². The van der Waals surface area contributed by atoms with Gasteiger partial charge in [-0.15, -0.1) is 0 Å². The van der Waals surface area contributed by atoms with E-state index in [0.717, 1.165) is 16.9 Å². The van der Waals surface area contributed by atoms with E-state index in [2.05, 4.69) is 10.1 Å². The minimum atomic E-state index is 0.185. The summed E-state index contributed by atoms with van der Waals surface area (Å²) >= 11 is 5.93. The predicted molar refractivity (Wildman–Crippen MR) is 86.8 cm³/mol. The summed E-state index contributed by atoms with van der Waals surface area (Å²) in [5.41, 5.74) is 1.72. The van der Waals surface area contributed by atoms with E-state index in [1.54, 1.807) is 13.2 Å². The summed E-state index contributed by atoms with van der Waals surface area (Å²) in [5.74, 6) is 2.27. The van der Waals surface area contributed by atoms with Crippen LogP contribution in [0.1, 0.15) is 11.5 Å². The van der Waals surface area contributed by atoms with Crippen LogP contribution in [-0.2, 0) is 6.61 Å². The van der Waals surface area contributed by atoms with Crippen LogP contribution in [0.3, 0.4) is 0 Å². The zero-order valence-electron chi connectivity index (χ0n) is 12.7. The van der Waals surface area contributed by atoms with Crippen molar-refractivity contribution in [3.8, 4) is 22.9 Å². The Labute approximate surface area is 138 Å². The average molecular weight is 331 g/mol. The van der Waals surface area contributed by atoms with Gasteiger partial charge in [-0.05, 0) is 42.8 Å². The zero-order chi connectivity index (χ0) is 16.2. The number of methoxy groups -OCH3 is 1. The fourth-order valence-corrected chi connectivity index (χ4v) is 2.39. The van der Waals surface area contributed by atoms with Crippen LogP contribution in [0, 0.1) is 6.92 Å². The Morgan fingerprint density at radius 2 is 1.96 bits per heavy atom. The van der Waals surface area contributed by atoms with Crippen molar-refractivity contribution in [3.05, 3.63) is 58.9 Å². The minimum absolute atomic E-state index is 0.185. The van der Waals surface area contributed by atoms with Crippen molar-refractivity contribution in [1.29, 1.82) is 0 Å². The van der Waals surface area contributed by atoms with Crippen molar-refractivity contribution in [3.63, 3.8) is 0 Å². The topological polar surface area (TPSA) is 57.4 Å². The molecule has 0 bridgehead atoms. The second kappa shape index (κ2) is 6.71. The molecule has 23 heavy (non-hydrogen) atoms. The second-order valence-electron chi connectivity index (χ2n) is 4.91. The number of nitrogens with zero attached hydrogens (tertiary/aromatic N) is 2. The molecule has 1 heterocycles. The summed E-state index contributed by atoms with van der Waals surface area (Å²) in [4.78, 5) is 4.34. The molecule has 118 valence electrons. The van der Waals surface area contributed by atoms with E-state index < -0.39 is 0 Å². The molecular formula is C17H15ClN2O3. The van der Waals surface area contributed by atoms with Gasteiger partial charge in [-0.3, -0.25) is 0 Å². The summed E-state index contributed by atoms with van der Waals surface area (Å²) in [5, 5.41) is 4.65. The molecule has 0 aliphatic rings. The van der Waals surface area contributed by atoms with Crippen LogP contribution in [0.2, 0.25) is 5.02 Å². The van der Waals surface area contributed by atoms with E-state index in [1.807, 2.05) is 43.3 Å². The highest BCUT2D eigenvalue weighted by Crippen LogP contribution is 2.27. The van der Waals surface area contributed by atoms with E-state index in [4.69, 9.17) is 25.6 Å². The highest BCUT2D eigenvalue weighted by molar-refractivity contribution is 6.30. The summed E-state index contributed by atoms with van der Waals surface area (Å²) in [7, 11) is 1.60. The van der Waals surface area contributed by atoms with E-state index in [1.165, 1.54) is 0 Å². The van der Waals surface area contributed by atoms with Gasteiger partial charge in [0.05, 0.1) is 12.7 Å². The van der Waals surface area contributed by atoms with Gasteiger partial charge in [-0.1, -0.05) is 28.9 Å². The van der Waals surface area contributed by atoms with Gasteiger partial charge in [-0.25, -0.2) is 0 Å². The van der Waals surface area contributed by atoms with Gasteiger partial charge >= 0.3 is 0 Å². The molecule has 2 aromatic carbocycles. The van der Waals surface area contributed by atoms with Crippen LogP contribution in [0.4, 0.5) is 0 Å². The number of para-hydroxylation sites is 1. The van der Waals surface area contributed by atoms with E-state index >= 15 is 0 Å². The lowest BCUT2D eigenvalue weighted by Gasteiger charge is -2.06. The lowest BCUT2D eigenvalue weighted by atomic mass is 10.2. The van der Waals surface area contributed by atoms with Crippen LogP contribution in [0.5, 0.6) is 11.5 Å². The maximum absolute atomic E-state index is 5.93. The quantitative estimate of drug-likeness (QED) is 0.698. The summed E-state index contributed by atoms with van der Waals surface area (Å²) in [6, 6.07) is 12.9. The third-order valence-electron chi connectivity index (χ3n) is 3.30. The van der Waals surface area contributed by atoms with E-state index in [0.29, 0.717) is 22.5 Å². The minimum Gasteiger partial charge on any atom is -0.496 e. The third-order valence-corrected chi connectivity index (χ3v) is 3.54. The third kappa shape index (κ3) is 3.46. The number of benzene rings is 2. The molecule has 0 fully saturated rings. The molecule has 0 spiro atoms. The van der Waals surface area contributed by atoms with Crippen molar-refractivity contribution in [1.82, 2.24) is 10.1 Å². The molecule has 3 aromatic rings. The number of aryl methyl sites for hydroxylation is 1. The van der Waals surface area contributed by atoms with Gasteiger partial charge in [0.25, 0.3) is 5.89 Å². The molecule has 0 aliphatic carbocycles. The molecule has 0 saturated carbocycles. The molecule has 0 saturated heterocycles. The first-order valence-corrected chi connectivity index (χ1v) is 7.40. The normalized spacial score (nSPS) is 10.6. The zero-order valence-corrected chi connectivity index (χ0v) is 13.5. The van der Waals surface area contributed by atoms with Crippen LogP contribution in [0.15, 0.2) is 47.0 Å². The van der Waals surface area contributed by atoms with Crippen molar-refractivity contribution >= 4 is 11.6 Å². The molecular weight excluding hydrogens is 316 g/mol. The first-order valence-electron chi connectivity index (χ1n) is 7.02. The van der Waals surface area contributed by atoms with Crippen LogP contribution in [-0.4, -0.2) is 17.3 Å². The maximum Gasteiger partial charge on any atom is 0.264 e. The largest absolute Gasteiger partial charge is 0.496 e. The fourth-order valence-electron chi connectivity index (χ4n) is 2.17. The lowest BCUT2D eigenvalue weighted by Crippen LogP contribution is -1.97. The Hall–Kier alpha value is -2.53. The average Bonchev–Trinajstić information content (AvgIpc) is 3.03. The first-order chi connectivity index (χ1) is 11.2. The Kier molecular flexibility index (Phi) is 4.48. The molecule has 0 unspecified atom stereocenters. The molecule has 5 nitrogen and oxygen atoms in total. The molecule has 0 aliphatic heterocycles. The standard InChI is InChI=1S/C17H15ClN2O3/c1-11-9-12(18)7-8-14(11)22-10-16-19-17(20-23-16)13-5-3-4-6-15(13)21-2/h3-9H,10H2,1-2H3. The molecule has 1 aromatic heterocycles. The van der Waals surface area contributed by atoms with Crippen molar-refractivity contribution in [2.24, 2.45) is 0 Å². The number of rotatable bonds is 5. The number of hydrogen-bond acceptors (Lipinski definition) is 5. The summed E-state index contributed by atoms with van der Waals surface area (Å²) in [6.07, 6.45) is 0. The number of aromatic nitrogens is 2. The fraction of sp³-hybridized carbons (Fsp3) is 0.176. The number of ether oxygens (including phenoxy) is 2. The van der Waals surface area contributed by atoms with Gasteiger partial charge < -0.3 is 14.0 Å². The highest BCUT2D eigenvalue weighted by Gasteiger charge is 2.13. The Morgan fingerprint density at radius 3 is 2.74 bits per heavy atom. The van der Waals surface area contributed by atoms with E-state index in [9.17, 15) is 0 Å². The van der Waals surface area contributed by atoms with Crippen molar-refractivity contribution in [2.45, 2.75) is 13.5 Å². The Balaban J connectivity index is 1.75. The molecule has 6 heteroatoms. The van der Waals surface area contributed by atoms with Crippen LogP contribution >= 0.6 is 11.6 Å². The Morgan fingerprint density at radius 1 is 1.13 bits per heavy atom. The van der Waals surface area contributed by atoms with Crippen LogP contribution < -0.4 is 9.47 Å². The highest BCUT2D eigenvalue weighted by atomic mass is 35.5. The first kappa shape index (κ1) is 15.4. The molecule has 3 rings (SSSR count). The summed E-state index contributed by atoms with van der Waals surface area (Å²) < 4.78 is 16.2. The molecule has 0 atom stereocenters. The molecule has 0 radical (unpaired) electrons. The maximum atomic E-state index is 5.93. The smallest absolute Gasteiger partial charge is 0.264 e. The van der Waals surface area contributed by atoms with E-state index in [-0.39, 0.29) is 6.61 Å². The second-order valence-corrected chi connectivity index (χ2v) is 5.35. The molecule has 0 N–H and O–H groups in total. The van der Waals surface area contributed by atoms with Gasteiger partial charge in [0.2, 0.25) is 5.82 Å². The Bertz CT molecular complexity index is 817. The van der Waals surface area contributed by atoms with Gasteiger partial charge in [0.15, 0.2) is 6.61 Å². The van der Waals surface area contributed by atoms with Crippen molar-refractivity contribution in [2.75, 3.05) is 7.11 Å². The number of hydrogen-bond donors (Lipinski definition) is 0. The van der Waals surface area contributed by atoms with Crippen LogP contribution in [0.25, 0.3) is 11.4 Å². The SMILES string of the molecule is COc1ccccc1-c1noc(COc2ccc(Cl)cc2C)n1.